The van der Waals surface area contributed by atoms with Crippen LogP contribution in [-0.4, -0.2) is 37.1 Å². The smallest absolute Gasteiger partial charge is 0.272 e. The first-order chi connectivity index (χ1) is 12.6. The summed E-state index contributed by atoms with van der Waals surface area (Å²) in [7, 11) is 0. The van der Waals surface area contributed by atoms with Crippen molar-refractivity contribution in [1.29, 1.82) is 0 Å². The normalized spacial score (nSPS) is 11.7. The lowest BCUT2D eigenvalue weighted by Crippen LogP contribution is -2.38. The van der Waals surface area contributed by atoms with Crippen LogP contribution in [0.3, 0.4) is 0 Å². The molecule has 5 nitrogen and oxygen atoms in total. The minimum atomic E-state index is -2.48. The first kappa shape index (κ1) is 20.1. The number of rotatable bonds is 9. The average Bonchev–Trinajstić information content (AvgIpc) is 3.03. The van der Waals surface area contributed by atoms with Gasteiger partial charge < -0.3 is 15.4 Å². The summed E-state index contributed by atoms with van der Waals surface area (Å²) < 4.78 is 29.5. The lowest BCUT2D eigenvalue weighted by Gasteiger charge is -2.11. The molecule has 1 aromatic heterocycles. The molecule has 0 radical (unpaired) electrons. The molecule has 0 aliphatic carbocycles. The summed E-state index contributed by atoms with van der Waals surface area (Å²) in [6.07, 6.45) is 0.227. The van der Waals surface area contributed by atoms with Gasteiger partial charge in [0.25, 0.3) is 6.43 Å². The highest BCUT2D eigenvalue weighted by atomic mass is 32.1. The topological polar surface area (TPSA) is 58.5 Å². The van der Waals surface area contributed by atoms with Crippen molar-refractivity contribution in [3.8, 4) is 5.75 Å². The van der Waals surface area contributed by atoms with Crippen LogP contribution in [0.4, 0.5) is 8.78 Å². The molecule has 1 aromatic carbocycles. The lowest BCUT2D eigenvalue weighted by molar-refractivity contribution is 0.0818. The maximum absolute atomic E-state index is 12.2. The standard InChI is InChI=1S/C18H24F2N4OS/c1-3-21-18(22-8-7-17-23-10-13(2)26-17)24-11-14-5-4-6-15(9-14)25-12-16(19)20/h4-6,9-10,16H,3,7-8,11-12H2,1-2H3,(H2,21,22,24). The SMILES string of the molecule is CCNC(=NCc1cccc(OCC(F)F)c1)NCCc1ncc(C)s1. The summed E-state index contributed by atoms with van der Waals surface area (Å²) >= 11 is 1.69. The number of hydrogen-bond acceptors (Lipinski definition) is 4. The Labute approximate surface area is 156 Å². The highest BCUT2D eigenvalue weighted by Crippen LogP contribution is 2.15. The second-order valence-corrected chi connectivity index (χ2v) is 6.91. The number of hydrogen-bond donors (Lipinski definition) is 2. The van der Waals surface area contributed by atoms with E-state index < -0.39 is 13.0 Å². The predicted molar refractivity (Wildman–Crippen MR) is 101 cm³/mol. The second kappa shape index (κ2) is 10.7. The number of alkyl halides is 2. The van der Waals surface area contributed by atoms with Crippen molar-refractivity contribution < 1.29 is 13.5 Å². The Balaban J connectivity index is 1.88. The van der Waals surface area contributed by atoms with E-state index in [4.69, 9.17) is 4.74 Å². The summed E-state index contributed by atoms with van der Waals surface area (Å²) in [5.41, 5.74) is 0.893. The number of guanidine groups is 1. The van der Waals surface area contributed by atoms with Gasteiger partial charge in [0.2, 0.25) is 0 Å². The molecule has 0 unspecified atom stereocenters. The van der Waals surface area contributed by atoms with E-state index in [0.717, 1.165) is 30.1 Å². The number of thiazole rings is 1. The largest absolute Gasteiger partial charge is 0.488 e. The average molecular weight is 382 g/mol. The molecule has 0 saturated heterocycles. The molecule has 142 valence electrons. The number of ether oxygens (including phenoxy) is 1. The van der Waals surface area contributed by atoms with Gasteiger partial charge in [0, 0.05) is 30.6 Å². The molecule has 0 amide bonds. The minimum Gasteiger partial charge on any atom is -0.488 e. The summed E-state index contributed by atoms with van der Waals surface area (Å²) in [5.74, 6) is 1.13. The fourth-order valence-corrected chi connectivity index (χ4v) is 3.00. The number of aliphatic imine (C=N–C) groups is 1. The Hall–Kier alpha value is -2.22. The van der Waals surface area contributed by atoms with Crippen molar-refractivity contribution in [3.63, 3.8) is 0 Å². The van der Waals surface area contributed by atoms with E-state index >= 15 is 0 Å². The summed E-state index contributed by atoms with van der Waals surface area (Å²) in [4.78, 5) is 10.1. The third-order valence-electron chi connectivity index (χ3n) is 3.34. The molecule has 8 heteroatoms. The van der Waals surface area contributed by atoms with E-state index in [2.05, 4.69) is 20.6 Å². The maximum Gasteiger partial charge on any atom is 0.272 e. The number of nitrogens with zero attached hydrogens (tertiary/aromatic N) is 2. The first-order valence-corrected chi connectivity index (χ1v) is 9.32. The molecular weight excluding hydrogens is 358 g/mol. The Morgan fingerprint density at radius 2 is 2.19 bits per heavy atom. The molecular formula is C18H24F2N4OS. The molecule has 1 heterocycles. The number of halogens is 2. The van der Waals surface area contributed by atoms with E-state index in [1.54, 1.807) is 29.5 Å². The van der Waals surface area contributed by atoms with Crippen LogP contribution >= 0.6 is 11.3 Å². The molecule has 0 bridgehead atoms. The van der Waals surface area contributed by atoms with Crippen LogP contribution in [0.25, 0.3) is 0 Å². The van der Waals surface area contributed by atoms with Crippen LogP contribution in [0, 0.1) is 6.92 Å². The Kier molecular flexibility index (Phi) is 8.27. The van der Waals surface area contributed by atoms with Crippen molar-refractivity contribution in [1.82, 2.24) is 15.6 Å². The zero-order valence-corrected chi connectivity index (χ0v) is 15.8. The van der Waals surface area contributed by atoms with Gasteiger partial charge >= 0.3 is 0 Å². The fraction of sp³-hybridized carbons (Fsp3) is 0.444. The van der Waals surface area contributed by atoms with Gasteiger partial charge in [-0.05, 0) is 31.5 Å². The molecule has 0 atom stereocenters. The van der Waals surface area contributed by atoms with Crippen LogP contribution in [0.2, 0.25) is 0 Å². The lowest BCUT2D eigenvalue weighted by atomic mass is 10.2. The van der Waals surface area contributed by atoms with Crippen molar-refractivity contribution >= 4 is 17.3 Å². The number of benzene rings is 1. The van der Waals surface area contributed by atoms with Gasteiger partial charge in [0.1, 0.15) is 12.4 Å². The quantitative estimate of drug-likeness (QED) is 0.516. The zero-order valence-electron chi connectivity index (χ0n) is 15.0. The van der Waals surface area contributed by atoms with Crippen molar-refractivity contribution in [2.24, 2.45) is 4.99 Å². The van der Waals surface area contributed by atoms with Gasteiger partial charge in [-0.2, -0.15) is 0 Å². The Bertz CT molecular complexity index is 706. The van der Waals surface area contributed by atoms with Crippen molar-refractivity contribution in [2.45, 2.75) is 33.2 Å². The second-order valence-electron chi connectivity index (χ2n) is 5.59. The van der Waals surface area contributed by atoms with Gasteiger partial charge in [-0.1, -0.05) is 12.1 Å². The van der Waals surface area contributed by atoms with E-state index in [1.807, 2.05) is 26.1 Å². The molecule has 0 aliphatic heterocycles. The zero-order chi connectivity index (χ0) is 18.8. The van der Waals surface area contributed by atoms with Crippen LogP contribution in [0.5, 0.6) is 5.75 Å². The van der Waals surface area contributed by atoms with E-state index in [1.165, 1.54) is 4.88 Å². The number of aryl methyl sites for hydroxylation is 1. The van der Waals surface area contributed by atoms with Crippen LogP contribution < -0.4 is 15.4 Å². The van der Waals surface area contributed by atoms with Crippen molar-refractivity contribution in [3.05, 3.63) is 45.9 Å². The summed E-state index contributed by atoms with van der Waals surface area (Å²) in [6, 6.07) is 7.06. The first-order valence-electron chi connectivity index (χ1n) is 8.50. The van der Waals surface area contributed by atoms with E-state index in [9.17, 15) is 8.78 Å². The molecule has 2 rings (SSSR count). The third kappa shape index (κ3) is 7.35. The number of aromatic nitrogens is 1. The van der Waals surface area contributed by atoms with E-state index in [0.29, 0.717) is 18.3 Å². The van der Waals surface area contributed by atoms with Crippen molar-refractivity contribution in [2.75, 3.05) is 19.7 Å². The summed E-state index contributed by atoms with van der Waals surface area (Å²) in [5, 5.41) is 7.56. The molecule has 0 aliphatic rings. The molecule has 26 heavy (non-hydrogen) atoms. The van der Waals surface area contributed by atoms with Crippen LogP contribution in [-0.2, 0) is 13.0 Å². The molecule has 0 spiro atoms. The number of nitrogens with one attached hydrogen (secondary N) is 2. The van der Waals surface area contributed by atoms with Gasteiger partial charge in [0.15, 0.2) is 5.96 Å². The summed E-state index contributed by atoms with van der Waals surface area (Å²) in [6.45, 7) is 5.35. The minimum absolute atomic E-state index is 0.426. The Morgan fingerprint density at radius 3 is 2.88 bits per heavy atom. The van der Waals surface area contributed by atoms with E-state index in [-0.39, 0.29) is 0 Å². The Morgan fingerprint density at radius 1 is 1.35 bits per heavy atom. The fourth-order valence-electron chi connectivity index (χ4n) is 2.21. The maximum atomic E-state index is 12.2. The molecule has 0 saturated carbocycles. The van der Waals surface area contributed by atoms with Gasteiger partial charge in [0.05, 0.1) is 11.6 Å². The predicted octanol–water partition coefficient (Wildman–Crippen LogP) is 3.39. The van der Waals surface area contributed by atoms with Crippen LogP contribution in [0.1, 0.15) is 22.4 Å². The molecule has 0 fully saturated rings. The third-order valence-corrected chi connectivity index (χ3v) is 4.31. The van der Waals surface area contributed by atoms with Gasteiger partial charge in [-0.3, -0.25) is 0 Å². The molecule has 2 N–H and O–H groups in total. The highest BCUT2D eigenvalue weighted by molar-refractivity contribution is 7.11. The monoisotopic (exact) mass is 382 g/mol. The van der Waals surface area contributed by atoms with Gasteiger partial charge in [-0.25, -0.2) is 18.8 Å². The highest BCUT2D eigenvalue weighted by Gasteiger charge is 2.05. The molecule has 2 aromatic rings. The van der Waals surface area contributed by atoms with Gasteiger partial charge in [-0.15, -0.1) is 11.3 Å². The van der Waals surface area contributed by atoms with Crippen LogP contribution in [0.15, 0.2) is 35.5 Å².